The summed E-state index contributed by atoms with van der Waals surface area (Å²) in [5.41, 5.74) is 2.53. The van der Waals surface area contributed by atoms with Crippen LogP contribution in [-0.4, -0.2) is 55.1 Å². The molecule has 3 aromatic carbocycles. The Morgan fingerprint density at radius 1 is 0.881 bits per heavy atom. The number of carbonyl (C=O) groups is 2. The van der Waals surface area contributed by atoms with Gasteiger partial charge in [-0.3, -0.25) is 9.59 Å². The van der Waals surface area contributed by atoms with Gasteiger partial charge in [-0.25, -0.2) is 0 Å². The Kier molecular flexibility index (Phi) is 9.16. The van der Waals surface area contributed by atoms with Gasteiger partial charge < -0.3 is 15.5 Å². The van der Waals surface area contributed by atoms with Crippen molar-refractivity contribution in [1.29, 1.82) is 0 Å². The topological polar surface area (TPSA) is 61.4 Å². The highest BCUT2D eigenvalue weighted by atomic mass is 35.5. The van der Waals surface area contributed by atoms with Crippen LogP contribution in [0.4, 0.5) is 13.2 Å². The number of alkyl halides is 3. The molecule has 1 aliphatic heterocycles. The minimum Gasteiger partial charge on any atom is -0.349 e. The molecule has 10 heteroatoms. The van der Waals surface area contributed by atoms with Gasteiger partial charge in [-0.15, -0.1) is 0 Å². The van der Waals surface area contributed by atoms with E-state index in [9.17, 15) is 22.8 Å². The second-order valence-corrected chi connectivity index (χ2v) is 11.9. The Morgan fingerprint density at radius 3 is 2.02 bits per heavy atom. The summed E-state index contributed by atoms with van der Waals surface area (Å²) in [6.45, 7) is 1.05. The lowest BCUT2D eigenvalue weighted by atomic mass is 9.73. The lowest BCUT2D eigenvalue weighted by molar-refractivity contribution is -0.141. The van der Waals surface area contributed by atoms with Crippen LogP contribution in [0, 0.1) is 0 Å². The molecule has 1 aliphatic carbocycles. The van der Waals surface area contributed by atoms with Crippen LogP contribution in [0.5, 0.6) is 0 Å². The van der Waals surface area contributed by atoms with E-state index >= 15 is 0 Å². The molecule has 1 heterocycles. The normalized spacial score (nSPS) is 16.5. The standard InChI is InChI=1S/C32H32Cl2F3N3O2/c33-22-17-21(18-23(34)19-22)29(41)39-24-11-15-40(16-12-24)14-6-5-13-31(30(42)38-20-32(35,36)37)27-9-3-1-7-25(27)26-8-2-4-10-28(26)31/h1-4,7-10,17-19,24H,5-6,11-16,20H2,(H,38,42)(H,39,41). The van der Waals surface area contributed by atoms with E-state index in [1.54, 1.807) is 18.2 Å². The molecule has 0 aromatic heterocycles. The molecule has 5 nitrogen and oxygen atoms in total. The summed E-state index contributed by atoms with van der Waals surface area (Å²) in [7, 11) is 0. The van der Waals surface area contributed by atoms with Crippen LogP contribution in [0.15, 0.2) is 66.7 Å². The lowest BCUT2D eigenvalue weighted by Gasteiger charge is -2.33. The van der Waals surface area contributed by atoms with Crippen molar-refractivity contribution in [3.05, 3.63) is 93.5 Å². The highest BCUT2D eigenvalue weighted by Crippen LogP contribution is 2.51. The van der Waals surface area contributed by atoms with Crippen molar-refractivity contribution in [3.63, 3.8) is 0 Å². The zero-order valence-electron chi connectivity index (χ0n) is 22.9. The van der Waals surface area contributed by atoms with E-state index < -0.39 is 24.0 Å². The van der Waals surface area contributed by atoms with E-state index in [0.717, 1.165) is 61.2 Å². The monoisotopic (exact) mass is 617 g/mol. The van der Waals surface area contributed by atoms with Gasteiger partial charge in [-0.05, 0) is 72.7 Å². The average molecular weight is 619 g/mol. The van der Waals surface area contributed by atoms with Crippen molar-refractivity contribution in [2.75, 3.05) is 26.2 Å². The van der Waals surface area contributed by atoms with Crippen LogP contribution in [-0.2, 0) is 10.2 Å². The van der Waals surface area contributed by atoms with E-state index in [0.29, 0.717) is 28.5 Å². The fraction of sp³-hybridized carbons (Fsp3) is 0.375. The fourth-order valence-electron chi connectivity index (χ4n) is 6.26. The third-order valence-corrected chi connectivity index (χ3v) is 8.66. The predicted molar refractivity (Wildman–Crippen MR) is 159 cm³/mol. The lowest BCUT2D eigenvalue weighted by Crippen LogP contribution is -2.47. The first-order valence-corrected chi connectivity index (χ1v) is 14.9. The molecule has 2 amide bonds. The zero-order valence-corrected chi connectivity index (χ0v) is 24.5. The number of nitrogens with zero attached hydrogens (tertiary/aromatic N) is 1. The number of nitrogens with one attached hydrogen (secondary N) is 2. The van der Waals surface area contributed by atoms with Crippen LogP contribution in [0.3, 0.4) is 0 Å². The molecule has 2 aliphatic rings. The number of hydrogen-bond donors (Lipinski definition) is 2. The molecule has 0 radical (unpaired) electrons. The number of benzene rings is 3. The molecular formula is C32H32Cl2F3N3O2. The molecule has 42 heavy (non-hydrogen) atoms. The summed E-state index contributed by atoms with van der Waals surface area (Å²) < 4.78 is 39.3. The third-order valence-electron chi connectivity index (χ3n) is 8.22. The van der Waals surface area contributed by atoms with Crippen LogP contribution in [0.25, 0.3) is 11.1 Å². The maximum atomic E-state index is 13.6. The van der Waals surface area contributed by atoms with E-state index in [1.807, 2.05) is 48.5 Å². The van der Waals surface area contributed by atoms with Crippen LogP contribution in [0.1, 0.15) is 53.6 Å². The van der Waals surface area contributed by atoms with Crippen LogP contribution in [0.2, 0.25) is 10.0 Å². The van der Waals surface area contributed by atoms with Gasteiger partial charge in [0.25, 0.3) is 5.91 Å². The second-order valence-electron chi connectivity index (χ2n) is 11.0. The number of likely N-dealkylation sites (tertiary alicyclic amines) is 1. The highest BCUT2D eigenvalue weighted by molar-refractivity contribution is 6.35. The van der Waals surface area contributed by atoms with E-state index in [4.69, 9.17) is 23.2 Å². The molecule has 222 valence electrons. The largest absolute Gasteiger partial charge is 0.405 e. The number of piperidine rings is 1. The Bertz CT molecular complexity index is 1390. The first kappa shape index (κ1) is 30.4. The maximum absolute atomic E-state index is 13.6. The molecule has 1 saturated heterocycles. The number of fused-ring (bicyclic) bond motifs is 3. The van der Waals surface area contributed by atoms with Crippen molar-refractivity contribution in [2.24, 2.45) is 0 Å². The minimum atomic E-state index is -4.50. The Balaban J connectivity index is 1.20. The average Bonchev–Trinajstić information content (AvgIpc) is 3.25. The number of amides is 2. The van der Waals surface area contributed by atoms with Gasteiger partial charge in [0.15, 0.2) is 0 Å². The molecule has 1 fully saturated rings. The van der Waals surface area contributed by atoms with Gasteiger partial charge in [-0.2, -0.15) is 13.2 Å². The molecular weight excluding hydrogens is 586 g/mol. The minimum absolute atomic E-state index is 0.0404. The van der Waals surface area contributed by atoms with Gasteiger partial charge in [-0.1, -0.05) is 78.2 Å². The number of hydrogen-bond acceptors (Lipinski definition) is 3. The molecule has 0 unspecified atom stereocenters. The Morgan fingerprint density at radius 2 is 1.45 bits per heavy atom. The van der Waals surface area contributed by atoms with Gasteiger partial charge in [0, 0.05) is 34.7 Å². The van der Waals surface area contributed by atoms with Crippen molar-refractivity contribution < 1.29 is 22.8 Å². The molecule has 2 N–H and O–H groups in total. The SMILES string of the molecule is O=C(NC1CCN(CCCCC2(C(=O)NCC(F)(F)F)c3ccccc3-c3ccccc32)CC1)c1cc(Cl)cc(Cl)c1. The number of rotatable bonds is 9. The van der Waals surface area contributed by atoms with Gasteiger partial charge in [0.1, 0.15) is 12.0 Å². The maximum Gasteiger partial charge on any atom is 0.405 e. The number of halogens is 5. The number of carbonyl (C=O) groups excluding carboxylic acids is 2. The smallest absolute Gasteiger partial charge is 0.349 e. The van der Waals surface area contributed by atoms with Crippen LogP contribution < -0.4 is 10.6 Å². The molecule has 3 aromatic rings. The van der Waals surface area contributed by atoms with E-state index in [2.05, 4.69) is 15.5 Å². The summed E-state index contributed by atoms with van der Waals surface area (Å²) in [4.78, 5) is 28.6. The number of unbranched alkanes of at least 4 members (excludes halogenated alkanes) is 1. The molecule has 0 atom stereocenters. The second kappa shape index (κ2) is 12.7. The van der Waals surface area contributed by atoms with Gasteiger partial charge in [0.2, 0.25) is 5.91 Å². The first-order chi connectivity index (χ1) is 20.1. The first-order valence-electron chi connectivity index (χ1n) is 14.1. The molecule has 5 rings (SSSR count). The van der Waals surface area contributed by atoms with Gasteiger partial charge in [0.05, 0.1) is 0 Å². The third kappa shape index (κ3) is 6.61. The molecule has 0 spiro atoms. The van der Waals surface area contributed by atoms with Crippen LogP contribution >= 0.6 is 23.2 Å². The molecule has 0 saturated carbocycles. The van der Waals surface area contributed by atoms with Crippen molar-refractivity contribution in [3.8, 4) is 11.1 Å². The summed E-state index contributed by atoms with van der Waals surface area (Å²) in [5.74, 6) is -0.821. The Labute approximate surface area is 253 Å². The Hall–Kier alpha value is -3.07. The van der Waals surface area contributed by atoms with Crippen molar-refractivity contribution >= 4 is 35.0 Å². The summed E-state index contributed by atoms with van der Waals surface area (Å²) in [5, 5.41) is 6.08. The predicted octanol–water partition coefficient (Wildman–Crippen LogP) is 7.00. The van der Waals surface area contributed by atoms with Crippen molar-refractivity contribution in [2.45, 2.75) is 49.7 Å². The summed E-state index contributed by atoms with van der Waals surface area (Å²) >= 11 is 12.1. The van der Waals surface area contributed by atoms with Crippen molar-refractivity contribution in [1.82, 2.24) is 15.5 Å². The summed E-state index contributed by atoms with van der Waals surface area (Å²) in [6, 6.07) is 19.8. The van der Waals surface area contributed by atoms with Gasteiger partial charge >= 0.3 is 6.18 Å². The fourth-order valence-corrected chi connectivity index (χ4v) is 6.79. The zero-order chi connectivity index (χ0) is 29.9. The van der Waals surface area contributed by atoms with E-state index in [1.165, 1.54) is 0 Å². The molecule has 0 bridgehead atoms. The summed E-state index contributed by atoms with van der Waals surface area (Å²) in [6.07, 6.45) is -1.05. The van der Waals surface area contributed by atoms with E-state index in [-0.39, 0.29) is 11.9 Å². The quantitative estimate of drug-likeness (QED) is 0.254. The highest BCUT2D eigenvalue weighted by Gasteiger charge is 2.49.